The first-order valence-electron chi connectivity index (χ1n) is 13.9. The maximum atomic E-state index is 8.63. The van der Waals surface area contributed by atoms with Gasteiger partial charge in [0.05, 0.1) is 0 Å². The van der Waals surface area contributed by atoms with Gasteiger partial charge in [-0.3, -0.25) is 4.55 Å². The van der Waals surface area contributed by atoms with Crippen LogP contribution in [-0.4, -0.2) is 17.5 Å². The molecule has 2 aromatic carbocycles. The van der Waals surface area contributed by atoms with Crippen molar-refractivity contribution in [2.24, 2.45) is 0 Å². The van der Waals surface area contributed by atoms with E-state index in [2.05, 4.69) is 62.4 Å². The topological polar surface area (TPSA) is 86.7 Å². The number of rotatable bonds is 18. The van der Waals surface area contributed by atoms with Crippen molar-refractivity contribution in [1.29, 1.82) is 0 Å². The predicted octanol–water partition coefficient (Wildman–Crippen LogP) is 6.07. The molecule has 0 aliphatic heterocycles. The van der Waals surface area contributed by atoms with Gasteiger partial charge in [0, 0.05) is 0 Å². The van der Waals surface area contributed by atoms with Crippen LogP contribution in [0.3, 0.4) is 0 Å². The Bertz CT molecular complexity index is 850. The van der Waals surface area contributed by atoms with E-state index in [-0.39, 0.29) is 29.6 Å². The number of benzene rings is 2. The third-order valence-corrected chi connectivity index (χ3v) is 6.26. The summed E-state index contributed by atoms with van der Waals surface area (Å²) in [5, 5.41) is 0. The zero-order valence-corrected chi connectivity index (χ0v) is 26.2. The Morgan fingerprint density at radius 1 is 0.622 bits per heavy atom. The number of hydrogen-bond acceptors (Lipinski definition) is 4. The van der Waals surface area contributed by atoms with Gasteiger partial charge < -0.3 is 9.29 Å². The number of para-hydroxylation sites is 2. The van der Waals surface area contributed by atoms with E-state index in [1.165, 1.54) is 101 Å². The van der Waals surface area contributed by atoms with Crippen molar-refractivity contribution < 1.29 is 51.8 Å². The van der Waals surface area contributed by atoms with E-state index in [1.807, 2.05) is 0 Å². The molecular weight excluding hydrogens is 495 g/mol. The van der Waals surface area contributed by atoms with Gasteiger partial charge in [-0.1, -0.05) is 127 Å². The van der Waals surface area contributed by atoms with Crippen LogP contribution in [0.1, 0.15) is 115 Å². The van der Waals surface area contributed by atoms with E-state index in [0.717, 1.165) is 24.3 Å². The first-order chi connectivity index (χ1) is 17.3. The fourth-order valence-corrected chi connectivity index (χ4v) is 4.28. The second-order valence-electron chi connectivity index (χ2n) is 9.49. The zero-order valence-electron chi connectivity index (χ0n) is 23.4. The van der Waals surface area contributed by atoms with Crippen molar-refractivity contribution in [3.63, 3.8) is 0 Å². The van der Waals surface area contributed by atoms with Gasteiger partial charge >= 0.3 is 29.6 Å². The maximum absolute atomic E-state index is 8.63. The largest absolute Gasteiger partial charge is 1.00 e. The molecule has 0 fully saturated rings. The van der Waals surface area contributed by atoms with Crippen LogP contribution in [0.2, 0.25) is 0 Å². The quantitative estimate of drug-likeness (QED) is 0.107. The molecule has 0 aliphatic rings. The van der Waals surface area contributed by atoms with E-state index in [1.54, 1.807) is 0 Å². The summed E-state index contributed by atoms with van der Waals surface area (Å²) in [4.78, 5) is 0. The smallest absolute Gasteiger partial charge is 0.726 e. The third kappa shape index (κ3) is 20.7. The second kappa shape index (κ2) is 23.0. The van der Waals surface area contributed by atoms with Crippen LogP contribution in [0, 0.1) is 0 Å². The molecule has 0 saturated carbocycles. The molecule has 0 aromatic heterocycles. The summed E-state index contributed by atoms with van der Waals surface area (Å²) in [6, 6.07) is 17.3. The van der Waals surface area contributed by atoms with E-state index in [9.17, 15) is 0 Å². The SMILES string of the molecule is CCCCCCCCCc1ccccc1Oc1ccccc1CCCCCCCCC.O=S(=O)([O-])O.[Na+]. The maximum Gasteiger partial charge on any atom is 1.00 e. The molecule has 0 saturated heterocycles. The first kappa shape index (κ1) is 36.1. The van der Waals surface area contributed by atoms with Gasteiger partial charge in [0.1, 0.15) is 11.5 Å². The van der Waals surface area contributed by atoms with Gasteiger partial charge in [-0.25, -0.2) is 8.42 Å². The second-order valence-corrected chi connectivity index (χ2v) is 10.3. The van der Waals surface area contributed by atoms with E-state index in [4.69, 9.17) is 22.3 Å². The molecule has 0 atom stereocenters. The molecule has 0 radical (unpaired) electrons. The molecule has 37 heavy (non-hydrogen) atoms. The minimum atomic E-state index is -4.92. The number of ether oxygens (including phenoxy) is 1. The average Bonchev–Trinajstić information content (AvgIpc) is 2.84. The van der Waals surface area contributed by atoms with Crippen LogP contribution in [0.4, 0.5) is 0 Å². The molecule has 7 heteroatoms. The Hall–Kier alpha value is -0.890. The minimum absolute atomic E-state index is 0. The Morgan fingerprint density at radius 2 is 0.919 bits per heavy atom. The van der Waals surface area contributed by atoms with Crippen LogP contribution >= 0.6 is 0 Å². The molecule has 0 amide bonds. The normalized spacial score (nSPS) is 10.8. The summed E-state index contributed by atoms with van der Waals surface area (Å²) in [6.07, 6.45) is 21.1. The van der Waals surface area contributed by atoms with Crippen molar-refractivity contribution in [3.05, 3.63) is 59.7 Å². The predicted molar refractivity (Wildman–Crippen MR) is 149 cm³/mol. The van der Waals surface area contributed by atoms with Gasteiger partial charge in [-0.05, 0) is 48.9 Å². The van der Waals surface area contributed by atoms with Gasteiger partial charge in [-0.15, -0.1) is 0 Å². The van der Waals surface area contributed by atoms with Crippen molar-refractivity contribution in [2.75, 3.05) is 0 Å². The van der Waals surface area contributed by atoms with Gasteiger partial charge in [0.25, 0.3) is 0 Å². The van der Waals surface area contributed by atoms with E-state index < -0.39 is 10.4 Å². The Labute approximate surface area is 248 Å². The molecule has 0 spiro atoms. The molecule has 0 heterocycles. The number of hydrogen-bond donors (Lipinski definition) is 1. The van der Waals surface area contributed by atoms with Gasteiger partial charge in [0.15, 0.2) is 0 Å². The molecule has 204 valence electrons. The Kier molecular flexibility index (Phi) is 22.5. The fourth-order valence-electron chi connectivity index (χ4n) is 4.28. The molecule has 1 N–H and O–H groups in total. The first-order valence-corrected chi connectivity index (χ1v) is 15.2. The molecular formula is C30H47NaO5S. The molecule has 0 aliphatic carbocycles. The van der Waals surface area contributed by atoms with Crippen LogP contribution in [0.15, 0.2) is 48.5 Å². The van der Waals surface area contributed by atoms with Gasteiger partial charge in [-0.2, -0.15) is 0 Å². The number of aryl methyl sites for hydroxylation is 2. The van der Waals surface area contributed by atoms with Crippen molar-refractivity contribution in [2.45, 2.75) is 117 Å². The average molecular weight is 543 g/mol. The summed E-state index contributed by atoms with van der Waals surface area (Å²) < 4.78 is 39.3. The molecule has 2 aromatic rings. The molecule has 2 rings (SSSR count). The zero-order chi connectivity index (χ0) is 26.5. The summed E-state index contributed by atoms with van der Waals surface area (Å²) in [5.74, 6) is 2.08. The van der Waals surface area contributed by atoms with Crippen LogP contribution in [0.5, 0.6) is 11.5 Å². The monoisotopic (exact) mass is 542 g/mol. The van der Waals surface area contributed by atoms with Crippen molar-refractivity contribution >= 4 is 10.4 Å². The summed E-state index contributed by atoms with van der Waals surface area (Å²) in [5.41, 5.74) is 2.70. The fraction of sp³-hybridized carbons (Fsp3) is 0.600. The third-order valence-electron chi connectivity index (χ3n) is 6.26. The Balaban J connectivity index is 0.00000196. The molecule has 0 unspecified atom stereocenters. The van der Waals surface area contributed by atoms with Crippen LogP contribution in [-0.2, 0) is 23.2 Å². The van der Waals surface area contributed by atoms with Crippen molar-refractivity contribution in [1.82, 2.24) is 0 Å². The standard InChI is InChI=1S/C30H46O.Na.H2O4S/c1-3-5-7-9-11-13-15-21-27-23-17-19-25-29(27)31-30-26-20-18-24-28(30)22-16-14-12-10-8-6-4-2;;1-5(2,3)4/h17-20,23-26H,3-16,21-22H2,1-2H3;;(H2,1,2,3,4)/q;+1;/p-1. The van der Waals surface area contributed by atoms with Gasteiger partial charge in [0.2, 0.25) is 10.4 Å². The minimum Gasteiger partial charge on any atom is -0.726 e. The summed E-state index contributed by atoms with van der Waals surface area (Å²) in [6.45, 7) is 4.56. The molecule has 5 nitrogen and oxygen atoms in total. The molecule has 0 bridgehead atoms. The Morgan fingerprint density at radius 3 is 1.27 bits per heavy atom. The van der Waals surface area contributed by atoms with Crippen molar-refractivity contribution in [3.8, 4) is 11.5 Å². The van der Waals surface area contributed by atoms with Crippen LogP contribution < -0.4 is 34.3 Å². The summed E-state index contributed by atoms with van der Waals surface area (Å²) >= 11 is 0. The summed E-state index contributed by atoms with van der Waals surface area (Å²) in [7, 11) is -4.92. The van der Waals surface area contributed by atoms with E-state index >= 15 is 0 Å². The van der Waals surface area contributed by atoms with Crippen LogP contribution in [0.25, 0.3) is 0 Å². The van der Waals surface area contributed by atoms with E-state index in [0.29, 0.717) is 0 Å². The number of unbranched alkanes of at least 4 members (excludes halogenated alkanes) is 12.